The predicted octanol–water partition coefficient (Wildman–Crippen LogP) is 4.55. The number of Topliss-reactive ketones (excluding diaryl/α,β-unsaturated/α-hetero) is 3. The van der Waals surface area contributed by atoms with Crippen LogP contribution >= 0.6 is 0 Å². The summed E-state index contributed by atoms with van der Waals surface area (Å²) in [6, 6.07) is 3.03. The maximum absolute atomic E-state index is 14.2. The molecule has 4 rings (SSSR count). The molecule has 5 N–H and O–H groups in total. The molecule has 0 amide bonds. The third-order valence-electron chi connectivity index (χ3n) is 9.86. The van der Waals surface area contributed by atoms with Gasteiger partial charge in [-0.15, -0.1) is 0 Å². The summed E-state index contributed by atoms with van der Waals surface area (Å²) in [6.45, 7) is 17.3. The highest BCUT2D eigenvalue weighted by Crippen LogP contribution is 2.68. The van der Waals surface area contributed by atoms with Crippen LogP contribution < -0.4 is 0 Å². The van der Waals surface area contributed by atoms with Gasteiger partial charge in [0.15, 0.2) is 17.2 Å². The number of carbonyl (C=O) groups is 3. The number of hydrogen-bond donors (Lipinski definition) is 5. The van der Waals surface area contributed by atoms with E-state index in [2.05, 4.69) is 6.58 Å². The van der Waals surface area contributed by atoms with E-state index in [1.165, 1.54) is 13.0 Å². The van der Waals surface area contributed by atoms with E-state index in [0.717, 1.165) is 6.92 Å². The van der Waals surface area contributed by atoms with Gasteiger partial charge < -0.3 is 25.5 Å². The fourth-order valence-corrected chi connectivity index (χ4v) is 7.60. The molecule has 0 saturated carbocycles. The summed E-state index contributed by atoms with van der Waals surface area (Å²) < 4.78 is 0. The van der Waals surface area contributed by atoms with Crippen molar-refractivity contribution in [1.82, 2.24) is 0 Å². The van der Waals surface area contributed by atoms with E-state index in [4.69, 9.17) is 0 Å². The van der Waals surface area contributed by atoms with Crippen LogP contribution in [0, 0.1) is 28.6 Å². The van der Waals surface area contributed by atoms with Crippen LogP contribution in [0.1, 0.15) is 82.8 Å². The van der Waals surface area contributed by atoms with Gasteiger partial charge in [-0.25, -0.2) is 0 Å². The molecule has 0 spiro atoms. The van der Waals surface area contributed by atoms with Crippen molar-refractivity contribution in [2.75, 3.05) is 0 Å². The Balaban J connectivity index is 2.18. The first-order valence-corrected chi connectivity index (χ1v) is 13.3. The number of fused-ring (bicyclic) bond motifs is 3. The average molecular weight is 539 g/mol. The molecule has 0 radical (unpaired) electrons. The Bertz CT molecular complexity index is 1410. The number of benzene rings is 1. The summed E-state index contributed by atoms with van der Waals surface area (Å²) in [5.74, 6) is -7.19. The molecule has 0 fully saturated rings. The second-order valence-electron chi connectivity index (χ2n) is 12.4. The standard InChI is InChI=1S/C31H38O8/c1-12(2)14(5)17-10-11-18(33)21-19(17)15(6)29(8)23(25(21)35)27(37)31(39)26(36)20(16(7)32)24(34)22(13(3)4)30(31,9)28(29)38/h10-13,15,22,28,33-34,37-39H,5H2,1-4,6-9H3/t15-,22?,28-,29+,30+,31+/m1/s1. The van der Waals surface area contributed by atoms with Gasteiger partial charge in [0.1, 0.15) is 22.8 Å². The Morgan fingerprint density at radius 1 is 1.05 bits per heavy atom. The third-order valence-corrected chi connectivity index (χ3v) is 9.86. The zero-order valence-electron chi connectivity index (χ0n) is 23.7. The monoisotopic (exact) mass is 538 g/mol. The number of ketones is 3. The van der Waals surface area contributed by atoms with Gasteiger partial charge in [0.2, 0.25) is 5.78 Å². The molecule has 0 aliphatic heterocycles. The molecule has 0 aromatic heterocycles. The highest BCUT2D eigenvalue weighted by atomic mass is 16.4. The first kappa shape index (κ1) is 28.8. The summed E-state index contributed by atoms with van der Waals surface area (Å²) >= 11 is 0. The second-order valence-corrected chi connectivity index (χ2v) is 12.4. The van der Waals surface area contributed by atoms with Crippen molar-refractivity contribution in [3.8, 4) is 5.75 Å². The number of allylic oxidation sites excluding steroid dienone is 2. The predicted molar refractivity (Wildman–Crippen MR) is 145 cm³/mol. The summed E-state index contributed by atoms with van der Waals surface area (Å²) in [7, 11) is 0. The first-order chi connectivity index (χ1) is 17.8. The number of aromatic hydroxyl groups is 1. The van der Waals surface area contributed by atoms with Crippen LogP contribution in [0.4, 0.5) is 0 Å². The highest BCUT2D eigenvalue weighted by Gasteiger charge is 2.76. The number of rotatable bonds is 4. The number of hydrogen-bond acceptors (Lipinski definition) is 8. The molecule has 3 aliphatic rings. The zero-order valence-corrected chi connectivity index (χ0v) is 23.7. The van der Waals surface area contributed by atoms with Gasteiger partial charge in [0, 0.05) is 16.7 Å². The van der Waals surface area contributed by atoms with Crippen LogP contribution in [0.2, 0.25) is 0 Å². The molecule has 8 nitrogen and oxygen atoms in total. The van der Waals surface area contributed by atoms with Crippen LogP contribution in [0.5, 0.6) is 5.75 Å². The smallest absolute Gasteiger partial charge is 0.209 e. The Kier molecular flexibility index (Phi) is 6.37. The van der Waals surface area contributed by atoms with Crippen molar-refractivity contribution >= 4 is 22.9 Å². The van der Waals surface area contributed by atoms with Crippen LogP contribution in [-0.2, 0) is 9.59 Å². The van der Waals surface area contributed by atoms with Gasteiger partial charge in [-0.2, -0.15) is 0 Å². The van der Waals surface area contributed by atoms with E-state index >= 15 is 0 Å². The van der Waals surface area contributed by atoms with Gasteiger partial charge >= 0.3 is 0 Å². The number of carbonyl (C=O) groups excluding carboxylic acids is 3. The van der Waals surface area contributed by atoms with Crippen molar-refractivity contribution in [2.24, 2.45) is 28.6 Å². The van der Waals surface area contributed by atoms with E-state index < -0.39 is 80.3 Å². The normalized spacial score (nSPS) is 34.3. The first-order valence-electron chi connectivity index (χ1n) is 13.3. The lowest BCUT2D eigenvalue weighted by atomic mass is 9.41. The molecular formula is C31H38O8. The van der Waals surface area contributed by atoms with Gasteiger partial charge in [0.25, 0.3) is 0 Å². The third kappa shape index (κ3) is 3.16. The van der Waals surface area contributed by atoms with Crippen LogP contribution in [0.3, 0.4) is 0 Å². The molecule has 0 saturated heterocycles. The number of phenols is 1. The van der Waals surface area contributed by atoms with Crippen molar-refractivity contribution in [3.63, 3.8) is 0 Å². The fraction of sp³-hybridized carbons (Fsp3) is 0.516. The van der Waals surface area contributed by atoms with Crippen LogP contribution in [0.25, 0.3) is 5.57 Å². The molecule has 6 atom stereocenters. The minimum absolute atomic E-state index is 0.00801. The van der Waals surface area contributed by atoms with E-state index in [9.17, 15) is 39.9 Å². The number of aliphatic hydroxyl groups is 4. The molecule has 1 aromatic carbocycles. The molecule has 0 heterocycles. The Hall–Kier alpha value is -3.23. The quantitative estimate of drug-likeness (QED) is 0.350. The lowest BCUT2D eigenvalue weighted by Crippen LogP contribution is -2.73. The number of phenolic OH excluding ortho intramolecular Hbond substituents is 1. The maximum atomic E-state index is 14.2. The van der Waals surface area contributed by atoms with Gasteiger partial charge in [-0.1, -0.05) is 61.1 Å². The van der Waals surface area contributed by atoms with E-state index in [1.54, 1.807) is 33.8 Å². The molecule has 0 bridgehead atoms. The summed E-state index contributed by atoms with van der Waals surface area (Å²) in [5.41, 5.74) is -5.82. The zero-order chi connectivity index (χ0) is 29.7. The highest BCUT2D eigenvalue weighted by molar-refractivity contribution is 6.25. The minimum Gasteiger partial charge on any atom is -0.511 e. The van der Waals surface area contributed by atoms with Gasteiger partial charge in [0.05, 0.1) is 17.2 Å². The van der Waals surface area contributed by atoms with Crippen molar-refractivity contribution in [1.29, 1.82) is 0 Å². The minimum atomic E-state index is -2.90. The largest absolute Gasteiger partial charge is 0.511 e. The summed E-state index contributed by atoms with van der Waals surface area (Å²) in [5, 5.41) is 58.3. The van der Waals surface area contributed by atoms with E-state index in [1.807, 2.05) is 13.8 Å². The molecule has 3 aliphatic carbocycles. The summed E-state index contributed by atoms with van der Waals surface area (Å²) in [4.78, 5) is 40.5. The SMILES string of the molecule is C=C(c1ccc(O)c2c1[C@@H](C)[C@@]1(C)C(=C(O)[C@@]3(O)C(=O)C(C(C)=O)=C(O)C(C(C)C)[C@@]3(C)[C@@H]1O)C2=O)C(C)C. The fourth-order valence-electron chi connectivity index (χ4n) is 7.60. The lowest BCUT2D eigenvalue weighted by molar-refractivity contribution is -0.211. The number of aliphatic hydroxyl groups excluding tert-OH is 3. The van der Waals surface area contributed by atoms with Crippen LogP contribution in [0.15, 0.2) is 41.4 Å². The van der Waals surface area contributed by atoms with Crippen molar-refractivity contribution in [3.05, 3.63) is 58.1 Å². The van der Waals surface area contributed by atoms with Crippen LogP contribution in [-0.4, -0.2) is 54.6 Å². The topological polar surface area (TPSA) is 152 Å². The lowest BCUT2D eigenvalue weighted by Gasteiger charge is -2.63. The Morgan fingerprint density at radius 3 is 2.10 bits per heavy atom. The van der Waals surface area contributed by atoms with E-state index in [0.29, 0.717) is 16.7 Å². The van der Waals surface area contributed by atoms with Crippen molar-refractivity contribution < 1.29 is 39.9 Å². The summed E-state index contributed by atoms with van der Waals surface area (Å²) in [6.07, 6.45) is -1.66. The maximum Gasteiger partial charge on any atom is 0.209 e. The molecule has 1 aromatic rings. The Labute approximate surface area is 228 Å². The molecule has 210 valence electrons. The van der Waals surface area contributed by atoms with Crippen molar-refractivity contribution in [2.45, 2.75) is 73.0 Å². The second kappa shape index (κ2) is 8.63. The Morgan fingerprint density at radius 2 is 1.62 bits per heavy atom. The molecule has 39 heavy (non-hydrogen) atoms. The van der Waals surface area contributed by atoms with Gasteiger partial charge in [-0.05, 0) is 47.4 Å². The molecule has 8 heteroatoms. The molecular weight excluding hydrogens is 500 g/mol. The van der Waals surface area contributed by atoms with E-state index in [-0.39, 0.29) is 17.2 Å². The van der Waals surface area contributed by atoms with Gasteiger partial charge in [-0.3, -0.25) is 14.4 Å². The molecule has 1 unspecified atom stereocenters. The average Bonchev–Trinajstić information content (AvgIpc) is 2.83.